The van der Waals surface area contributed by atoms with E-state index in [2.05, 4.69) is 15.9 Å². The fraction of sp³-hybridized carbons (Fsp3) is 0.0870. The molecule has 1 N–H and O–H groups in total. The minimum Gasteiger partial charge on any atom is -0.489 e. The third-order valence-electron chi connectivity index (χ3n) is 4.51. The van der Waals surface area contributed by atoms with Crippen LogP contribution in [0.1, 0.15) is 21.5 Å². The summed E-state index contributed by atoms with van der Waals surface area (Å²) in [4.78, 5) is 12.0. The van der Waals surface area contributed by atoms with Gasteiger partial charge in [-0.05, 0) is 42.8 Å². The Hall–Kier alpha value is -3.05. The summed E-state index contributed by atoms with van der Waals surface area (Å²) in [6.45, 7) is 2.37. The second-order valence-electron chi connectivity index (χ2n) is 6.55. The highest BCUT2D eigenvalue weighted by Gasteiger charge is 2.22. The number of furan rings is 1. The first kappa shape index (κ1) is 18.3. The number of benzene rings is 3. The molecule has 1 heterocycles. The lowest BCUT2D eigenvalue weighted by Crippen LogP contribution is -1.98. The lowest BCUT2D eigenvalue weighted by Gasteiger charge is -2.06. The van der Waals surface area contributed by atoms with Gasteiger partial charge in [-0.2, -0.15) is 0 Å². The zero-order valence-corrected chi connectivity index (χ0v) is 16.7. The molecule has 4 aromatic rings. The SMILES string of the molecule is Cc1ccc(-c2oc3ccc(OCc4ccc(Br)cc4)cc3c2C(=O)O)cc1. The smallest absolute Gasteiger partial charge is 0.340 e. The highest BCUT2D eigenvalue weighted by molar-refractivity contribution is 9.10. The standard InChI is InChI=1S/C23H17BrO4/c1-14-2-6-16(7-3-14)22-21(23(25)26)19-12-18(10-11-20(19)28-22)27-13-15-4-8-17(24)9-5-15/h2-12H,13H2,1H3,(H,25,26). The molecule has 0 atom stereocenters. The molecule has 0 aliphatic heterocycles. The Labute approximate surface area is 170 Å². The van der Waals surface area contributed by atoms with Crippen molar-refractivity contribution in [1.82, 2.24) is 0 Å². The Bertz CT molecular complexity index is 1140. The van der Waals surface area contributed by atoms with Gasteiger partial charge < -0.3 is 14.3 Å². The van der Waals surface area contributed by atoms with Crippen LogP contribution in [0, 0.1) is 6.92 Å². The maximum atomic E-state index is 12.0. The number of hydrogen-bond acceptors (Lipinski definition) is 3. The Morgan fingerprint density at radius 3 is 2.43 bits per heavy atom. The molecule has 0 amide bonds. The first-order chi connectivity index (χ1) is 13.5. The lowest BCUT2D eigenvalue weighted by molar-refractivity contribution is 0.0699. The molecule has 0 saturated carbocycles. The van der Waals surface area contributed by atoms with Crippen LogP contribution >= 0.6 is 15.9 Å². The number of hydrogen-bond donors (Lipinski definition) is 1. The highest BCUT2D eigenvalue weighted by atomic mass is 79.9. The van der Waals surface area contributed by atoms with E-state index in [-0.39, 0.29) is 5.56 Å². The van der Waals surface area contributed by atoms with Gasteiger partial charge in [-0.15, -0.1) is 0 Å². The van der Waals surface area contributed by atoms with Crippen LogP contribution in [0.15, 0.2) is 75.6 Å². The van der Waals surface area contributed by atoms with Gasteiger partial charge in [0.15, 0.2) is 0 Å². The molecule has 1 aromatic heterocycles. The normalized spacial score (nSPS) is 10.9. The molecule has 0 aliphatic carbocycles. The van der Waals surface area contributed by atoms with E-state index in [9.17, 15) is 9.90 Å². The minimum atomic E-state index is -1.03. The van der Waals surface area contributed by atoms with Crippen molar-refractivity contribution in [3.8, 4) is 17.1 Å². The van der Waals surface area contributed by atoms with E-state index < -0.39 is 5.97 Å². The molecule has 0 spiro atoms. The molecular weight excluding hydrogens is 420 g/mol. The van der Waals surface area contributed by atoms with Gasteiger partial charge >= 0.3 is 5.97 Å². The molecule has 5 heteroatoms. The van der Waals surface area contributed by atoms with Crippen LogP contribution in [0.25, 0.3) is 22.3 Å². The van der Waals surface area contributed by atoms with E-state index in [1.165, 1.54) is 0 Å². The number of aryl methyl sites for hydroxylation is 1. The predicted molar refractivity (Wildman–Crippen MR) is 112 cm³/mol. The average molecular weight is 437 g/mol. The number of carbonyl (C=O) groups is 1. The van der Waals surface area contributed by atoms with E-state index in [0.717, 1.165) is 21.2 Å². The largest absolute Gasteiger partial charge is 0.489 e. The second kappa shape index (κ2) is 7.52. The summed E-state index contributed by atoms with van der Waals surface area (Å²) in [5, 5.41) is 10.3. The Balaban J connectivity index is 1.70. The maximum Gasteiger partial charge on any atom is 0.340 e. The van der Waals surface area contributed by atoms with Crippen molar-refractivity contribution in [3.63, 3.8) is 0 Å². The van der Waals surface area contributed by atoms with Crippen LogP contribution in [-0.4, -0.2) is 11.1 Å². The second-order valence-corrected chi connectivity index (χ2v) is 7.47. The molecule has 140 valence electrons. The fourth-order valence-electron chi connectivity index (χ4n) is 3.03. The van der Waals surface area contributed by atoms with Crippen LogP contribution in [0.3, 0.4) is 0 Å². The van der Waals surface area contributed by atoms with Crippen LogP contribution in [0.5, 0.6) is 5.75 Å². The molecule has 3 aromatic carbocycles. The van der Waals surface area contributed by atoms with Gasteiger partial charge in [0.25, 0.3) is 0 Å². The molecule has 0 bridgehead atoms. The molecule has 0 radical (unpaired) electrons. The van der Waals surface area contributed by atoms with Gasteiger partial charge in [0.2, 0.25) is 0 Å². The van der Waals surface area contributed by atoms with Crippen molar-refractivity contribution in [1.29, 1.82) is 0 Å². The molecule has 4 nitrogen and oxygen atoms in total. The van der Waals surface area contributed by atoms with E-state index in [1.807, 2.05) is 55.5 Å². The van der Waals surface area contributed by atoms with E-state index >= 15 is 0 Å². The van der Waals surface area contributed by atoms with Gasteiger partial charge in [-0.25, -0.2) is 4.79 Å². The van der Waals surface area contributed by atoms with Gasteiger partial charge in [-0.1, -0.05) is 57.9 Å². The highest BCUT2D eigenvalue weighted by Crippen LogP contribution is 2.35. The number of carboxylic acid groups (broad SMARTS) is 1. The van der Waals surface area contributed by atoms with Crippen molar-refractivity contribution < 1.29 is 19.1 Å². The summed E-state index contributed by atoms with van der Waals surface area (Å²) in [5.41, 5.74) is 3.52. The maximum absolute atomic E-state index is 12.0. The van der Waals surface area contributed by atoms with Crippen molar-refractivity contribution in [2.45, 2.75) is 13.5 Å². The quantitative estimate of drug-likeness (QED) is 0.390. The fourth-order valence-corrected chi connectivity index (χ4v) is 3.30. The molecular formula is C23H17BrO4. The molecule has 0 saturated heterocycles. The minimum absolute atomic E-state index is 0.146. The monoisotopic (exact) mass is 436 g/mol. The number of carboxylic acids is 1. The van der Waals surface area contributed by atoms with Crippen LogP contribution < -0.4 is 4.74 Å². The third-order valence-corrected chi connectivity index (χ3v) is 5.03. The van der Waals surface area contributed by atoms with E-state index in [4.69, 9.17) is 9.15 Å². The zero-order chi connectivity index (χ0) is 19.7. The summed E-state index contributed by atoms with van der Waals surface area (Å²) in [6, 6.07) is 20.7. The van der Waals surface area contributed by atoms with Gasteiger partial charge in [-0.3, -0.25) is 0 Å². The number of ether oxygens (including phenoxy) is 1. The molecule has 28 heavy (non-hydrogen) atoms. The van der Waals surface area contributed by atoms with Crippen molar-refractivity contribution in [3.05, 3.63) is 87.9 Å². The molecule has 0 unspecified atom stereocenters. The summed E-state index contributed by atoms with van der Waals surface area (Å²) >= 11 is 3.41. The van der Waals surface area contributed by atoms with Gasteiger partial charge in [0.05, 0.1) is 0 Å². The van der Waals surface area contributed by atoms with Crippen LogP contribution in [-0.2, 0) is 6.61 Å². The summed E-state index contributed by atoms with van der Waals surface area (Å²) in [5.74, 6) is -0.0823. The Morgan fingerprint density at radius 2 is 1.75 bits per heavy atom. The Morgan fingerprint density at radius 1 is 1.04 bits per heavy atom. The summed E-state index contributed by atoms with van der Waals surface area (Å²) in [6.07, 6.45) is 0. The van der Waals surface area contributed by atoms with E-state index in [0.29, 0.717) is 29.1 Å². The molecule has 4 rings (SSSR count). The zero-order valence-electron chi connectivity index (χ0n) is 15.1. The number of halogens is 1. The van der Waals surface area contributed by atoms with Crippen LogP contribution in [0.4, 0.5) is 0 Å². The number of aromatic carboxylic acids is 1. The summed E-state index contributed by atoms with van der Waals surface area (Å²) < 4.78 is 12.7. The van der Waals surface area contributed by atoms with Crippen LogP contribution in [0.2, 0.25) is 0 Å². The first-order valence-corrected chi connectivity index (χ1v) is 9.55. The molecule has 0 aliphatic rings. The van der Waals surface area contributed by atoms with Crippen molar-refractivity contribution in [2.75, 3.05) is 0 Å². The number of fused-ring (bicyclic) bond motifs is 1. The summed E-state index contributed by atoms with van der Waals surface area (Å²) in [7, 11) is 0. The average Bonchev–Trinajstić information content (AvgIpc) is 3.07. The number of rotatable bonds is 5. The molecule has 0 fully saturated rings. The predicted octanol–water partition coefficient (Wildman–Crippen LogP) is 6.45. The van der Waals surface area contributed by atoms with Crippen molar-refractivity contribution >= 4 is 32.9 Å². The first-order valence-electron chi connectivity index (χ1n) is 8.75. The van der Waals surface area contributed by atoms with E-state index in [1.54, 1.807) is 18.2 Å². The Kier molecular flexibility index (Phi) is 4.92. The van der Waals surface area contributed by atoms with Crippen molar-refractivity contribution in [2.24, 2.45) is 0 Å². The lowest BCUT2D eigenvalue weighted by atomic mass is 10.0. The topological polar surface area (TPSA) is 59.7 Å². The third kappa shape index (κ3) is 3.66. The van der Waals surface area contributed by atoms with Gasteiger partial charge in [0, 0.05) is 15.4 Å². The van der Waals surface area contributed by atoms with Gasteiger partial charge in [0.1, 0.15) is 29.3 Å².